The Hall–Kier alpha value is -3.46. The average molecular weight is 575 g/mol. The van der Waals surface area contributed by atoms with Crippen molar-refractivity contribution in [2.75, 3.05) is 0 Å². The number of pyridine rings is 1. The molecule has 149 valence electrons. The maximum absolute atomic E-state index is 4.58. The van der Waals surface area contributed by atoms with Crippen LogP contribution in [-0.4, -0.2) is 14.0 Å². The van der Waals surface area contributed by atoms with Gasteiger partial charge in [-0.1, -0.05) is 41.8 Å². The van der Waals surface area contributed by atoms with Gasteiger partial charge in [-0.3, -0.25) is 4.98 Å². The molecule has 7 aromatic rings. The molecule has 4 aromatic carbocycles. The van der Waals surface area contributed by atoms with Crippen LogP contribution in [0.4, 0.5) is 0 Å². The van der Waals surface area contributed by atoms with Crippen LogP contribution in [0.5, 0.6) is 0 Å². The zero-order valence-corrected chi connectivity index (χ0v) is 18.8. The van der Waals surface area contributed by atoms with Gasteiger partial charge in [0.1, 0.15) is 0 Å². The Morgan fingerprint density at radius 3 is 2.16 bits per heavy atom. The van der Waals surface area contributed by atoms with Gasteiger partial charge in [0.2, 0.25) is 0 Å². The summed E-state index contributed by atoms with van der Waals surface area (Å²) in [4.78, 5) is 4.58. The van der Waals surface area contributed by atoms with Gasteiger partial charge in [0.25, 0.3) is 0 Å². The third kappa shape index (κ3) is 2.46. The Kier molecular flexibility index (Phi) is 4.01. The van der Waals surface area contributed by atoms with Crippen LogP contribution >= 0.6 is 0 Å². The van der Waals surface area contributed by atoms with Crippen LogP contribution in [0.25, 0.3) is 54.8 Å². The molecular formula is C27H16IrN3-. The summed E-state index contributed by atoms with van der Waals surface area (Å²) in [7, 11) is 0. The van der Waals surface area contributed by atoms with E-state index in [0.29, 0.717) is 0 Å². The van der Waals surface area contributed by atoms with Crippen LogP contribution in [0.2, 0.25) is 0 Å². The van der Waals surface area contributed by atoms with Crippen LogP contribution < -0.4 is 0 Å². The van der Waals surface area contributed by atoms with Gasteiger partial charge < -0.3 is 8.97 Å². The first kappa shape index (κ1) is 18.3. The number of para-hydroxylation sites is 2. The Morgan fingerprint density at radius 1 is 0.677 bits per heavy atom. The topological polar surface area (TPSA) is 22.2 Å². The van der Waals surface area contributed by atoms with Crippen molar-refractivity contribution in [3.05, 3.63) is 103 Å². The molecule has 1 radical (unpaired) electrons. The number of fused-ring (bicyclic) bond motifs is 9. The minimum Gasteiger partial charge on any atom is -0.340 e. The van der Waals surface area contributed by atoms with Gasteiger partial charge in [0.15, 0.2) is 0 Å². The molecule has 0 saturated heterocycles. The van der Waals surface area contributed by atoms with Crippen LogP contribution in [0.1, 0.15) is 0 Å². The summed E-state index contributed by atoms with van der Waals surface area (Å²) in [5.41, 5.74) is 5.70. The van der Waals surface area contributed by atoms with E-state index >= 15 is 0 Å². The Balaban J connectivity index is 0.00000185. The van der Waals surface area contributed by atoms with Gasteiger partial charge in [-0.15, -0.1) is 29.7 Å². The van der Waals surface area contributed by atoms with Gasteiger partial charge in [0, 0.05) is 54.5 Å². The normalized spacial score (nSPS) is 11.6. The Labute approximate surface area is 191 Å². The first-order valence-corrected chi connectivity index (χ1v) is 10.1. The van der Waals surface area contributed by atoms with Crippen LogP contribution in [0.15, 0.2) is 97.3 Å². The molecule has 7 rings (SSSR count). The van der Waals surface area contributed by atoms with Gasteiger partial charge in [-0.05, 0) is 35.7 Å². The molecule has 0 aliphatic rings. The molecule has 0 aliphatic carbocycles. The van der Waals surface area contributed by atoms with Crippen molar-refractivity contribution >= 4 is 49.1 Å². The molecule has 0 amide bonds. The summed E-state index contributed by atoms with van der Waals surface area (Å²) in [6.45, 7) is 0. The molecule has 0 atom stereocenters. The van der Waals surface area contributed by atoms with Gasteiger partial charge in [-0.25, -0.2) is 0 Å². The SMILES string of the molecule is [Ir].[c-]1cccc2c1c1nccn1c1ccc(-n3c4ccccc4c4ccccc43)cc21. The zero-order valence-electron chi connectivity index (χ0n) is 16.4. The maximum Gasteiger partial charge on any atom is 0.0608 e. The van der Waals surface area contributed by atoms with E-state index in [4.69, 9.17) is 0 Å². The van der Waals surface area contributed by atoms with E-state index in [1.807, 2.05) is 24.5 Å². The summed E-state index contributed by atoms with van der Waals surface area (Å²) < 4.78 is 4.52. The fourth-order valence-corrected chi connectivity index (χ4v) is 4.82. The molecule has 31 heavy (non-hydrogen) atoms. The number of benzene rings is 4. The maximum atomic E-state index is 4.58. The Bertz CT molecular complexity index is 1700. The van der Waals surface area contributed by atoms with Crippen molar-refractivity contribution < 1.29 is 20.1 Å². The standard InChI is InChI=1S/C27H16N3.Ir/c1-2-10-22-19(7-1)23-17-18(13-14-24(23)29-16-15-28-27(22)29)30-25-11-5-3-8-20(25)21-9-4-6-12-26(21)30;/h1-9,11-17H;/q-1;. The van der Waals surface area contributed by atoms with Crippen molar-refractivity contribution in [1.29, 1.82) is 0 Å². The predicted octanol–water partition coefficient (Wildman–Crippen LogP) is 6.54. The molecule has 3 heterocycles. The van der Waals surface area contributed by atoms with E-state index in [9.17, 15) is 0 Å². The zero-order chi connectivity index (χ0) is 19.7. The molecule has 3 aromatic heterocycles. The van der Waals surface area contributed by atoms with Crippen molar-refractivity contribution in [3.8, 4) is 5.69 Å². The molecule has 0 bridgehead atoms. The number of aromatic nitrogens is 3. The molecular weight excluding hydrogens is 559 g/mol. The minimum atomic E-state index is 0. The van der Waals surface area contributed by atoms with Crippen LogP contribution in [0.3, 0.4) is 0 Å². The van der Waals surface area contributed by atoms with Crippen LogP contribution in [-0.2, 0) is 20.1 Å². The predicted molar refractivity (Wildman–Crippen MR) is 123 cm³/mol. The van der Waals surface area contributed by atoms with Crippen molar-refractivity contribution in [2.45, 2.75) is 0 Å². The number of imidazole rings is 1. The first-order chi connectivity index (χ1) is 14.9. The van der Waals surface area contributed by atoms with Gasteiger partial charge in [-0.2, -0.15) is 0 Å². The molecule has 0 fully saturated rings. The summed E-state index contributed by atoms with van der Waals surface area (Å²) in [6.07, 6.45) is 3.88. The minimum absolute atomic E-state index is 0. The van der Waals surface area contributed by atoms with E-state index in [2.05, 4.69) is 92.8 Å². The van der Waals surface area contributed by atoms with E-state index in [-0.39, 0.29) is 20.1 Å². The largest absolute Gasteiger partial charge is 0.340 e. The number of hydrogen-bond acceptors (Lipinski definition) is 1. The molecule has 0 aliphatic heterocycles. The van der Waals surface area contributed by atoms with Gasteiger partial charge in [0.05, 0.1) is 16.7 Å². The van der Waals surface area contributed by atoms with Gasteiger partial charge >= 0.3 is 0 Å². The van der Waals surface area contributed by atoms with Crippen molar-refractivity contribution in [2.24, 2.45) is 0 Å². The quantitative estimate of drug-likeness (QED) is 0.161. The number of nitrogens with zero attached hydrogens (tertiary/aromatic N) is 3. The monoisotopic (exact) mass is 575 g/mol. The second kappa shape index (κ2) is 6.78. The van der Waals surface area contributed by atoms with Crippen molar-refractivity contribution in [3.63, 3.8) is 0 Å². The number of rotatable bonds is 1. The summed E-state index contributed by atoms with van der Waals surface area (Å²) in [5.74, 6) is 0. The summed E-state index contributed by atoms with van der Waals surface area (Å²) >= 11 is 0. The summed E-state index contributed by atoms with van der Waals surface area (Å²) in [5, 5.41) is 5.97. The summed E-state index contributed by atoms with van der Waals surface area (Å²) in [6, 6.07) is 33.5. The fourth-order valence-electron chi connectivity index (χ4n) is 4.82. The van der Waals surface area contributed by atoms with Crippen LogP contribution in [0, 0.1) is 6.07 Å². The number of hydrogen-bond donors (Lipinski definition) is 0. The second-order valence-electron chi connectivity index (χ2n) is 7.65. The van der Waals surface area contributed by atoms with E-state index in [0.717, 1.165) is 22.2 Å². The fraction of sp³-hybridized carbons (Fsp3) is 0. The van der Waals surface area contributed by atoms with E-state index in [1.54, 1.807) is 0 Å². The molecule has 3 nitrogen and oxygen atoms in total. The first-order valence-electron chi connectivity index (χ1n) is 10.1. The second-order valence-corrected chi connectivity index (χ2v) is 7.65. The molecule has 4 heteroatoms. The smallest absolute Gasteiger partial charge is 0.0608 e. The molecule has 0 spiro atoms. The Morgan fingerprint density at radius 2 is 1.39 bits per heavy atom. The molecule has 0 unspecified atom stereocenters. The molecule has 0 N–H and O–H groups in total. The van der Waals surface area contributed by atoms with E-state index < -0.39 is 0 Å². The van der Waals surface area contributed by atoms with E-state index in [1.165, 1.54) is 32.6 Å². The third-order valence-corrected chi connectivity index (χ3v) is 6.09. The van der Waals surface area contributed by atoms with Crippen molar-refractivity contribution in [1.82, 2.24) is 14.0 Å². The molecule has 0 saturated carbocycles. The average Bonchev–Trinajstić information content (AvgIpc) is 3.42. The third-order valence-electron chi connectivity index (χ3n) is 6.09.